The lowest BCUT2D eigenvalue weighted by Gasteiger charge is -2.28. The molecule has 0 unspecified atom stereocenters. The van der Waals surface area contributed by atoms with Crippen LogP contribution in [0.3, 0.4) is 0 Å². The molecule has 1 rings (SSSR count). The molecular weight excluding hydrogens is 200 g/mol. The molecule has 1 N–H and O–H groups in total. The average Bonchev–Trinajstić information content (AvgIpc) is 2.72. The Morgan fingerprint density at radius 3 is 1.93 bits per heavy atom. The van der Waals surface area contributed by atoms with Crippen molar-refractivity contribution < 1.29 is 0 Å². The molecule has 0 aromatic carbocycles. The van der Waals surface area contributed by atoms with E-state index in [0.29, 0.717) is 0 Å². The van der Waals surface area contributed by atoms with Crippen molar-refractivity contribution in [3.63, 3.8) is 0 Å². The molecule has 3 heteroatoms. The highest BCUT2D eigenvalue weighted by atomic mass is 28.3. The molecule has 15 heavy (non-hydrogen) atoms. The van der Waals surface area contributed by atoms with Crippen molar-refractivity contribution >= 4 is 13.5 Å². The third kappa shape index (κ3) is 2.94. The van der Waals surface area contributed by atoms with E-state index < -0.39 is 8.07 Å². The quantitative estimate of drug-likeness (QED) is 0.707. The number of hydrogen-bond donors (Lipinski definition) is 1. The summed E-state index contributed by atoms with van der Waals surface area (Å²) in [5, 5.41) is 0. The third-order valence-electron chi connectivity index (χ3n) is 3.19. The van der Waals surface area contributed by atoms with Crippen LogP contribution in [0.1, 0.15) is 40.0 Å². The zero-order valence-corrected chi connectivity index (χ0v) is 11.3. The second-order valence-corrected chi connectivity index (χ2v) is 9.00. The highest BCUT2D eigenvalue weighted by molar-refractivity contribution is 6.90. The average molecular weight is 224 g/mol. The fourth-order valence-corrected chi connectivity index (χ4v) is 7.79. The Labute approximate surface area is 94.5 Å². The summed E-state index contributed by atoms with van der Waals surface area (Å²) in [7, 11) is -1.29. The van der Waals surface area contributed by atoms with Crippen molar-refractivity contribution in [1.29, 1.82) is 0 Å². The molecular formula is C12H24N2Si. The van der Waals surface area contributed by atoms with Gasteiger partial charge in [-0.15, -0.1) is 0 Å². The van der Waals surface area contributed by atoms with Gasteiger partial charge in [0.25, 0.3) is 0 Å². The van der Waals surface area contributed by atoms with E-state index in [4.69, 9.17) is 0 Å². The number of aromatic amines is 1. The molecule has 1 aromatic heterocycles. The summed E-state index contributed by atoms with van der Waals surface area (Å²) in [6.07, 6.45) is 7.79. The van der Waals surface area contributed by atoms with E-state index in [-0.39, 0.29) is 0 Å². The standard InChI is InChI=1S/C12H24N2Si/c1-4-9-15(10-5-2,11-6-3)12-13-7-8-14-12/h7-8H,4-6,9-11H2,1-3H3,(H,13,14). The number of hydrogen-bond acceptors (Lipinski definition) is 1. The fourth-order valence-electron chi connectivity index (χ4n) is 2.72. The van der Waals surface area contributed by atoms with E-state index >= 15 is 0 Å². The van der Waals surface area contributed by atoms with Gasteiger partial charge in [0.05, 0.1) is 5.45 Å². The molecule has 0 amide bonds. The van der Waals surface area contributed by atoms with E-state index in [0.717, 1.165) is 0 Å². The molecule has 0 aliphatic heterocycles. The molecule has 0 atom stereocenters. The first-order valence-corrected chi connectivity index (χ1v) is 8.91. The number of imidazole rings is 1. The van der Waals surface area contributed by atoms with Crippen LogP contribution in [0.15, 0.2) is 12.4 Å². The fraction of sp³-hybridized carbons (Fsp3) is 0.750. The number of rotatable bonds is 7. The van der Waals surface area contributed by atoms with Crippen LogP contribution in [0.4, 0.5) is 0 Å². The monoisotopic (exact) mass is 224 g/mol. The van der Waals surface area contributed by atoms with Crippen molar-refractivity contribution in [2.45, 2.75) is 58.2 Å². The Bertz CT molecular complexity index is 240. The Hall–Kier alpha value is -0.573. The summed E-state index contributed by atoms with van der Waals surface area (Å²) < 4.78 is 0. The molecule has 0 bridgehead atoms. The lowest BCUT2D eigenvalue weighted by Crippen LogP contribution is -2.49. The van der Waals surface area contributed by atoms with Gasteiger partial charge in [-0.1, -0.05) is 58.2 Å². The lowest BCUT2D eigenvalue weighted by molar-refractivity contribution is 0.930. The normalized spacial score (nSPS) is 11.9. The maximum Gasteiger partial charge on any atom is 0.132 e. The van der Waals surface area contributed by atoms with Crippen molar-refractivity contribution in [2.24, 2.45) is 0 Å². The summed E-state index contributed by atoms with van der Waals surface area (Å²) in [5.41, 5.74) is 1.34. The number of aromatic nitrogens is 2. The van der Waals surface area contributed by atoms with Gasteiger partial charge in [0, 0.05) is 12.4 Å². The molecule has 0 aliphatic rings. The minimum Gasteiger partial charge on any atom is -0.353 e. The van der Waals surface area contributed by atoms with Gasteiger partial charge in [-0.2, -0.15) is 0 Å². The Kier molecular flexibility index (Phi) is 5.09. The van der Waals surface area contributed by atoms with Crippen LogP contribution in [0.5, 0.6) is 0 Å². The van der Waals surface area contributed by atoms with Gasteiger partial charge >= 0.3 is 0 Å². The second-order valence-electron chi connectivity index (χ2n) is 4.47. The van der Waals surface area contributed by atoms with Crippen molar-refractivity contribution in [1.82, 2.24) is 9.97 Å². The topological polar surface area (TPSA) is 28.7 Å². The van der Waals surface area contributed by atoms with Crippen LogP contribution < -0.4 is 5.45 Å². The molecule has 0 saturated heterocycles. The van der Waals surface area contributed by atoms with Crippen LogP contribution in [-0.2, 0) is 0 Å². The van der Waals surface area contributed by atoms with E-state index in [1.807, 2.05) is 12.4 Å². The van der Waals surface area contributed by atoms with Crippen LogP contribution in [0, 0.1) is 0 Å². The number of nitrogens with zero attached hydrogens (tertiary/aromatic N) is 1. The summed E-state index contributed by atoms with van der Waals surface area (Å²) >= 11 is 0. The van der Waals surface area contributed by atoms with E-state index in [9.17, 15) is 0 Å². The van der Waals surface area contributed by atoms with Gasteiger partial charge in [0.15, 0.2) is 0 Å². The van der Waals surface area contributed by atoms with Gasteiger partial charge in [0.1, 0.15) is 8.07 Å². The van der Waals surface area contributed by atoms with E-state index in [1.165, 1.54) is 42.8 Å². The summed E-state index contributed by atoms with van der Waals surface area (Å²) in [6, 6.07) is 4.17. The highest BCUT2D eigenvalue weighted by Gasteiger charge is 2.34. The van der Waals surface area contributed by atoms with Crippen molar-refractivity contribution in [2.75, 3.05) is 0 Å². The first-order valence-electron chi connectivity index (χ1n) is 6.29. The minimum atomic E-state index is -1.29. The zero-order valence-electron chi connectivity index (χ0n) is 10.3. The largest absolute Gasteiger partial charge is 0.353 e. The van der Waals surface area contributed by atoms with E-state index in [1.54, 1.807) is 0 Å². The van der Waals surface area contributed by atoms with Gasteiger partial charge in [0.2, 0.25) is 0 Å². The van der Waals surface area contributed by atoms with Gasteiger partial charge < -0.3 is 4.98 Å². The summed E-state index contributed by atoms with van der Waals surface area (Å²) in [6.45, 7) is 6.90. The molecule has 86 valence electrons. The molecule has 0 radical (unpaired) electrons. The molecule has 0 aliphatic carbocycles. The van der Waals surface area contributed by atoms with Crippen LogP contribution in [0.2, 0.25) is 18.1 Å². The summed E-state index contributed by atoms with van der Waals surface area (Å²) in [5.74, 6) is 0. The van der Waals surface area contributed by atoms with Crippen molar-refractivity contribution in [3.8, 4) is 0 Å². The lowest BCUT2D eigenvalue weighted by atomic mass is 10.5. The molecule has 2 nitrogen and oxygen atoms in total. The predicted octanol–water partition coefficient (Wildman–Crippen LogP) is 3.30. The van der Waals surface area contributed by atoms with Crippen LogP contribution in [-0.4, -0.2) is 18.0 Å². The summed E-state index contributed by atoms with van der Waals surface area (Å²) in [4.78, 5) is 7.93. The molecule has 1 aromatic rings. The van der Waals surface area contributed by atoms with Gasteiger partial charge in [-0.3, -0.25) is 0 Å². The number of nitrogens with one attached hydrogen (secondary N) is 1. The maximum absolute atomic E-state index is 4.55. The molecule has 1 heterocycles. The van der Waals surface area contributed by atoms with E-state index in [2.05, 4.69) is 30.7 Å². The Morgan fingerprint density at radius 1 is 1.07 bits per heavy atom. The minimum absolute atomic E-state index is 1.29. The van der Waals surface area contributed by atoms with Gasteiger partial charge in [-0.25, -0.2) is 4.98 Å². The van der Waals surface area contributed by atoms with Crippen molar-refractivity contribution in [3.05, 3.63) is 12.4 Å². The molecule has 0 fully saturated rings. The first kappa shape index (κ1) is 12.5. The molecule has 0 spiro atoms. The second kappa shape index (κ2) is 6.11. The third-order valence-corrected chi connectivity index (χ3v) is 8.84. The van der Waals surface area contributed by atoms with Gasteiger partial charge in [-0.05, 0) is 0 Å². The number of H-pyrrole nitrogens is 1. The zero-order chi connectivity index (χ0) is 11.1. The maximum atomic E-state index is 4.55. The predicted molar refractivity (Wildman–Crippen MR) is 69.3 cm³/mol. The first-order chi connectivity index (χ1) is 7.29. The van der Waals surface area contributed by atoms with Crippen LogP contribution in [0.25, 0.3) is 0 Å². The van der Waals surface area contributed by atoms with Crippen LogP contribution >= 0.6 is 0 Å². The Morgan fingerprint density at radius 2 is 1.60 bits per heavy atom. The Balaban J connectivity index is 2.90. The highest BCUT2D eigenvalue weighted by Crippen LogP contribution is 2.24. The smallest absolute Gasteiger partial charge is 0.132 e. The molecule has 0 saturated carbocycles. The SMILES string of the molecule is CCC[Si](CCC)(CCC)c1ncc[nH]1.